The molecule has 1 aromatic carbocycles. The van der Waals surface area contributed by atoms with Gasteiger partial charge in [0.2, 0.25) is 0 Å². The van der Waals surface area contributed by atoms with E-state index >= 15 is 0 Å². The van der Waals surface area contributed by atoms with Crippen molar-refractivity contribution in [3.8, 4) is 0 Å². The summed E-state index contributed by atoms with van der Waals surface area (Å²) in [5.74, 6) is 0. The van der Waals surface area contributed by atoms with Crippen LogP contribution in [-0.4, -0.2) is 28.6 Å². The Morgan fingerprint density at radius 3 is 2.45 bits per heavy atom. The van der Waals surface area contributed by atoms with E-state index in [0.717, 1.165) is 25.9 Å². The van der Waals surface area contributed by atoms with Gasteiger partial charge in [-0.05, 0) is 32.9 Å². The number of benzene rings is 1. The molecule has 2 rings (SSSR count). The average Bonchev–Trinajstić information content (AvgIpc) is 2.68. The maximum absolute atomic E-state index is 11.1. The van der Waals surface area contributed by atoms with E-state index in [-0.39, 0.29) is 10.6 Å². The van der Waals surface area contributed by atoms with Crippen LogP contribution in [0, 0.1) is 10.1 Å². The fourth-order valence-corrected chi connectivity index (χ4v) is 2.92. The van der Waals surface area contributed by atoms with E-state index in [2.05, 4.69) is 4.90 Å². The van der Waals surface area contributed by atoms with E-state index < -0.39 is 5.66 Å². The van der Waals surface area contributed by atoms with Gasteiger partial charge in [-0.1, -0.05) is 31.0 Å². The van der Waals surface area contributed by atoms with Crippen LogP contribution in [0.15, 0.2) is 24.3 Å². The summed E-state index contributed by atoms with van der Waals surface area (Å²) in [6, 6.07) is 6.89. The molecular weight excluding hydrogens is 254 g/mol. The van der Waals surface area contributed by atoms with Crippen molar-refractivity contribution in [2.24, 2.45) is 5.73 Å². The van der Waals surface area contributed by atoms with Crippen LogP contribution < -0.4 is 5.73 Å². The molecule has 0 saturated carbocycles. The van der Waals surface area contributed by atoms with Crippen molar-refractivity contribution in [1.29, 1.82) is 0 Å². The van der Waals surface area contributed by atoms with Gasteiger partial charge in [-0.2, -0.15) is 0 Å². The molecule has 1 fully saturated rings. The van der Waals surface area contributed by atoms with E-state index in [1.54, 1.807) is 18.2 Å². The van der Waals surface area contributed by atoms with Crippen molar-refractivity contribution in [3.05, 3.63) is 39.9 Å². The molecule has 1 aliphatic heterocycles. The molecule has 1 aliphatic rings. The second-order valence-corrected chi connectivity index (χ2v) is 5.82. The maximum atomic E-state index is 11.1. The van der Waals surface area contributed by atoms with Gasteiger partial charge in [0.15, 0.2) is 0 Å². The summed E-state index contributed by atoms with van der Waals surface area (Å²) in [7, 11) is 0. The molecule has 1 aromatic rings. The lowest BCUT2D eigenvalue weighted by molar-refractivity contribution is -0.385. The third kappa shape index (κ3) is 3.55. The van der Waals surface area contributed by atoms with Crippen molar-refractivity contribution in [2.75, 3.05) is 13.1 Å². The average molecular weight is 277 g/mol. The Balaban J connectivity index is 2.16. The number of nitrogens with two attached hydrogens (primary N) is 1. The lowest BCUT2D eigenvalue weighted by atomic mass is 9.98. The van der Waals surface area contributed by atoms with E-state index in [9.17, 15) is 10.1 Å². The minimum atomic E-state index is -0.531. The Hall–Kier alpha value is -1.46. The summed E-state index contributed by atoms with van der Waals surface area (Å²) < 4.78 is 0. The normalized spacial score (nSPS) is 20.1. The van der Waals surface area contributed by atoms with Crippen LogP contribution in [0.5, 0.6) is 0 Å². The van der Waals surface area contributed by atoms with Crippen molar-refractivity contribution in [3.63, 3.8) is 0 Å². The van der Waals surface area contributed by atoms with Gasteiger partial charge in [-0.3, -0.25) is 15.0 Å². The molecule has 1 atom stereocenters. The first-order valence-electron chi connectivity index (χ1n) is 7.27. The molecule has 0 aromatic heterocycles. The number of rotatable bonds is 4. The molecular formula is C15H23N3O2. The largest absolute Gasteiger partial charge is 0.313 e. The molecule has 0 aliphatic carbocycles. The Kier molecular flexibility index (Phi) is 4.73. The predicted molar refractivity (Wildman–Crippen MR) is 79.4 cm³/mol. The van der Waals surface area contributed by atoms with Crippen molar-refractivity contribution in [1.82, 2.24) is 4.90 Å². The molecule has 1 unspecified atom stereocenters. The fourth-order valence-electron chi connectivity index (χ4n) is 2.92. The second-order valence-electron chi connectivity index (χ2n) is 5.82. The standard InChI is InChI=1S/C15H23N3O2/c1-15(16,17-10-6-2-3-7-11-17)12-13-8-4-5-9-14(13)18(19)20/h4-5,8-9H,2-3,6-7,10-12,16H2,1H3. The topological polar surface area (TPSA) is 72.4 Å². The molecule has 0 radical (unpaired) electrons. The zero-order valence-electron chi connectivity index (χ0n) is 12.0. The van der Waals surface area contributed by atoms with Gasteiger partial charge in [0.05, 0.1) is 10.6 Å². The summed E-state index contributed by atoms with van der Waals surface area (Å²) in [6.07, 6.45) is 5.31. The lowest BCUT2D eigenvalue weighted by Crippen LogP contribution is -2.55. The van der Waals surface area contributed by atoms with E-state index in [1.807, 2.05) is 13.0 Å². The van der Waals surface area contributed by atoms with Crippen LogP contribution in [0.4, 0.5) is 5.69 Å². The number of nitro benzene ring substituents is 1. The van der Waals surface area contributed by atoms with Crippen molar-refractivity contribution >= 4 is 5.69 Å². The number of nitrogens with zero attached hydrogens (tertiary/aromatic N) is 2. The zero-order valence-corrected chi connectivity index (χ0v) is 12.0. The third-order valence-corrected chi connectivity index (χ3v) is 4.07. The Bertz CT molecular complexity index is 466. The predicted octanol–water partition coefficient (Wildman–Crippen LogP) is 2.69. The van der Waals surface area contributed by atoms with Gasteiger partial charge in [0, 0.05) is 18.1 Å². The molecule has 5 heteroatoms. The fraction of sp³-hybridized carbons (Fsp3) is 0.600. The van der Waals surface area contributed by atoms with E-state index in [1.165, 1.54) is 12.8 Å². The highest BCUT2D eigenvalue weighted by atomic mass is 16.6. The molecule has 0 bridgehead atoms. The van der Waals surface area contributed by atoms with Crippen LogP contribution in [0.25, 0.3) is 0 Å². The molecule has 0 amide bonds. The van der Waals surface area contributed by atoms with E-state index in [0.29, 0.717) is 12.0 Å². The number of para-hydroxylation sites is 1. The van der Waals surface area contributed by atoms with Crippen LogP contribution >= 0.6 is 0 Å². The molecule has 0 spiro atoms. The van der Waals surface area contributed by atoms with Gasteiger partial charge >= 0.3 is 0 Å². The molecule has 2 N–H and O–H groups in total. The summed E-state index contributed by atoms with van der Waals surface area (Å²) in [5.41, 5.74) is 6.81. The van der Waals surface area contributed by atoms with Crippen LogP contribution in [0.1, 0.15) is 38.2 Å². The monoisotopic (exact) mass is 277 g/mol. The molecule has 5 nitrogen and oxygen atoms in total. The first kappa shape index (κ1) is 14.9. The second kappa shape index (κ2) is 6.33. The Morgan fingerprint density at radius 2 is 1.85 bits per heavy atom. The first-order valence-corrected chi connectivity index (χ1v) is 7.27. The molecule has 20 heavy (non-hydrogen) atoms. The molecule has 110 valence electrons. The number of hydrogen-bond acceptors (Lipinski definition) is 4. The van der Waals surface area contributed by atoms with Crippen LogP contribution in [0.2, 0.25) is 0 Å². The zero-order chi connectivity index (χ0) is 14.6. The highest BCUT2D eigenvalue weighted by Crippen LogP contribution is 2.25. The summed E-state index contributed by atoms with van der Waals surface area (Å²) >= 11 is 0. The SMILES string of the molecule is CC(N)(Cc1ccccc1[N+](=O)[O-])N1CCCCCC1. The molecule has 1 saturated heterocycles. The minimum absolute atomic E-state index is 0.166. The van der Waals surface area contributed by atoms with Gasteiger partial charge in [0.25, 0.3) is 5.69 Å². The third-order valence-electron chi connectivity index (χ3n) is 4.07. The molecule has 1 heterocycles. The first-order chi connectivity index (χ1) is 9.50. The number of likely N-dealkylation sites (tertiary alicyclic amines) is 1. The van der Waals surface area contributed by atoms with Crippen LogP contribution in [-0.2, 0) is 6.42 Å². The van der Waals surface area contributed by atoms with Gasteiger partial charge in [-0.15, -0.1) is 0 Å². The quantitative estimate of drug-likeness (QED) is 0.678. The van der Waals surface area contributed by atoms with E-state index in [4.69, 9.17) is 5.73 Å². The van der Waals surface area contributed by atoms with Crippen molar-refractivity contribution in [2.45, 2.75) is 44.7 Å². The smallest absolute Gasteiger partial charge is 0.272 e. The lowest BCUT2D eigenvalue weighted by Gasteiger charge is -2.37. The Labute approximate surface area is 119 Å². The number of hydrogen-bond donors (Lipinski definition) is 1. The summed E-state index contributed by atoms with van der Waals surface area (Å²) in [4.78, 5) is 13.0. The van der Waals surface area contributed by atoms with Gasteiger partial charge < -0.3 is 5.73 Å². The van der Waals surface area contributed by atoms with Gasteiger partial charge in [0.1, 0.15) is 0 Å². The number of nitro groups is 1. The summed E-state index contributed by atoms with van der Waals surface area (Å²) in [5, 5.41) is 11.1. The maximum Gasteiger partial charge on any atom is 0.272 e. The highest BCUT2D eigenvalue weighted by Gasteiger charge is 2.30. The Morgan fingerprint density at radius 1 is 1.25 bits per heavy atom. The highest BCUT2D eigenvalue weighted by molar-refractivity contribution is 5.40. The summed E-state index contributed by atoms with van der Waals surface area (Å²) in [6.45, 7) is 3.94. The van der Waals surface area contributed by atoms with Gasteiger partial charge in [-0.25, -0.2) is 0 Å². The minimum Gasteiger partial charge on any atom is -0.313 e. The van der Waals surface area contributed by atoms with Crippen molar-refractivity contribution < 1.29 is 4.92 Å². The van der Waals surface area contributed by atoms with Crippen LogP contribution in [0.3, 0.4) is 0 Å².